The Morgan fingerprint density at radius 2 is 1.69 bits per heavy atom. The van der Waals surface area contributed by atoms with Crippen LogP contribution in [-0.4, -0.2) is 0 Å². The normalized spacial score (nSPS) is 35.4. The van der Waals surface area contributed by atoms with Crippen LogP contribution in [0.4, 0.5) is 0 Å². The molecule has 0 heteroatoms. The molecule has 0 N–H and O–H groups in total. The van der Waals surface area contributed by atoms with Crippen LogP contribution in [0.3, 0.4) is 0 Å². The van der Waals surface area contributed by atoms with Crippen LogP contribution in [0, 0.1) is 22.7 Å². The summed E-state index contributed by atoms with van der Waals surface area (Å²) >= 11 is 0. The van der Waals surface area contributed by atoms with E-state index in [9.17, 15) is 0 Å². The second kappa shape index (κ2) is 5.10. The third kappa shape index (κ3) is 2.17. The van der Waals surface area contributed by atoms with E-state index in [0.717, 1.165) is 11.8 Å². The van der Waals surface area contributed by atoms with Gasteiger partial charge < -0.3 is 0 Å². The van der Waals surface area contributed by atoms with E-state index in [1.165, 1.54) is 38.5 Å². The molecule has 0 radical (unpaired) electrons. The minimum Gasteiger partial charge on any atom is -0.0654 e. The average molecular weight is 224 g/mol. The Morgan fingerprint density at radius 1 is 1.06 bits per heavy atom. The van der Waals surface area contributed by atoms with Gasteiger partial charge in [0.15, 0.2) is 0 Å². The Morgan fingerprint density at radius 3 is 2.06 bits per heavy atom. The van der Waals surface area contributed by atoms with Crippen molar-refractivity contribution in [3.8, 4) is 0 Å². The lowest BCUT2D eigenvalue weighted by Crippen LogP contribution is -2.26. The fraction of sp³-hybridized carbons (Fsp3) is 1.00. The summed E-state index contributed by atoms with van der Waals surface area (Å²) in [6.07, 6.45) is 8.49. The average Bonchev–Trinajstić information content (AvgIpc) is 2.88. The number of hydrogen-bond donors (Lipinski definition) is 0. The molecule has 0 heterocycles. The molecule has 3 atom stereocenters. The molecule has 0 bridgehead atoms. The summed E-state index contributed by atoms with van der Waals surface area (Å²) < 4.78 is 0. The molecule has 0 amide bonds. The Kier molecular flexibility index (Phi) is 4.49. The zero-order chi connectivity index (χ0) is 12.4. The van der Waals surface area contributed by atoms with Crippen LogP contribution >= 0.6 is 0 Å². The van der Waals surface area contributed by atoms with Gasteiger partial charge in [-0.2, -0.15) is 0 Å². The van der Waals surface area contributed by atoms with Gasteiger partial charge in [-0.15, -0.1) is 0 Å². The van der Waals surface area contributed by atoms with Crippen molar-refractivity contribution in [1.82, 2.24) is 0 Å². The Bertz CT molecular complexity index is 218. The van der Waals surface area contributed by atoms with Crippen molar-refractivity contribution < 1.29 is 0 Å². The molecule has 0 nitrogen and oxygen atoms in total. The fourth-order valence-electron chi connectivity index (χ4n) is 4.25. The van der Waals surface area contributed by atoms with Crippen LogP contribution < -0.4 is 0 Å². The number of rotatable bonds is 7. The highest BCUT2D eigenvalue weighted by atomic mass is 14.7. The van der Waals surface area contributed by atoms with E-state index in [1.807, 2.05) is 0 Å². The van der Waals surface area contributed by atoms with Crippen LogP contribution in [-0.2, 0) is 0 Å². The molecule has 0 aromatic rings. The molecule has 0 saturated heterocycles. The topological polar surface area (TPSA) is 0 Å². The third-order valence-corrected chi connectivity index (χ3v) is 5.61. The Balaban J connectivity index is 2.60. The minimum atomic E-state index is 0.646. The van der Waals surface area contributed by atoms with Crippen molar-refractivity contribution in [2.24, 2.45) is 22.7 Å². The van der Waals surface area contributed by atoms with Gasteiger partial charge in [0.2, 0.25) is 0 Å². The molecule has 0 aliphatic heterocycles. The molecule has 0 aromatic heterocycles. The van der Waals surface area contributed by atoms with Gasteiger partial charge in [0, 0.05) is 0 Å². The zero-order valence-corrected chi connectivity index (χ0v) is 12.4. The van der Waals surface area contributed by atoms with Gasteiger partial charge in [-0.25, -0.2) is 0 Å². The van der Waals surface area contributed by atoms with Gasteiger partial charge in [-0.3, -0.25) is 0 Å². The summed E-state index contributed by atoms with van der Waals surface area (Å²) in [4.78, 5) is 0. The van der Waals surface area contributed by atoms with E-state index in [0.29, 0.717) is 10.8 Å². The monoisotopic (exact) mass is 224 g/mol. The summed E-state index contributed by atoms with van der Waals surface area (Å²) in [7, 11) is 0. The summed E-state index contributed by atoms with van der Waals surface area (Å²) in [5.74, 6) is 1.78. The lowest BCUT2D eigenvalue weighted by Gasteiger charge is -2.33. The van der Waals surface area contributed by atoms with Gasteiger partial charge in [0.05, 0.1) is 0 Å². The highest BCUT2D eigenvalue weighted by Gasteiger charge is 2.65. The summed E-state index contributed by atoms with van der Waals surface area (Å²) in [5.41, 5.74) is 1.31. The van der Waals surface area contributed by atoms with E-state index in [-0.39, 0.29) is 0 Å². The molecule has 0 aromatic carbocycles. The molecule has 96 valence electrons. The van der Waals surface area contributed by atoms with Gasteiger partial charge in [-0.05, 0) is 29.1 Å². The largest absolute Gasteiger partial charge is 0.0654 e. The predicted molar refractivity (Wildman–Crippen MR) is 73.6 cm³/mol. The number of unbranched alkanes of at least 4 members (excludes halogenated alkanes) is 2. The van der Waals surface area contributed by atoms with Crippen molar-refractivity contribution >= 4 is 0 Å². The highest BCUT2D eigenvalue weighted by Crippen LogP contribution is 2.73. The molecule has 1 aliphatic rings. The molecule has 3 unspecified atom stereocenters. The Hall–Kier alpha value is 0. The van der Waals surface area contributed by atoms with Crippen LogP contribution in [0.5, 0.6) is 0 Å². The minimum absolute atomic E-state index is 0.646. The van der Waals surface area contributed by atoms with Crippen molar-refractivity contribution in [3.63, 3.8) is 0 Å². The first-order chi connectivity index (χ1) is 7.44. The third-order valence-electron chi connectivity index (χ3n) is 5.61. The van der Waals surface area contributed by atoms with Gasteiger partial charge in [0.25, 0.3) is 0 Å². The molecular weight excluding hydrogens is 192 g/mol. The second-order valence-electron chi connectivity index (χ2n) is 6.68. The molecular formula is C16H32. The molecule has 16 heavy (non-hydrogen) atoms. The summed E-state index contributed by atoms with van der Waals surface area (Å²) in [6, 6.07) is 0. The molecule has 1 aliphatic carbocycles. The number of hydrogen-bond acceptors (Lipinski definition) is 0. The molecule has 1 fully saturated rings. The van der Waals surface area contributed by atoms with E-state index >= 15 is 0 Å². The SMILES string of the molecule is CCCCCC(C)C1(C(C)C)CC1(C)CC. The predicted octanol–water partition coefficient (Wildman–Crippen LogP) is 5.67. The first-order valence-corrected chi connectivity index (χ1v) is 7.44. The maximum absolute atomic E-state index is 2.52. The van der Waals surface area contributed by atoms with Gasteiger partial charge in [-0.1, -0.05) is 73.6 Å². The van der Waals surface area contributed by atoms with Crippen LogP contribution in [0.25, 0.3) is 0 Å². The Labute approximate surface area is 103 Å². The van der Waals surface area contributed by atoms with Gasteiger partial charge >= 0.3 is 0 Å². The smallest absolute Gasteiger partial charge is 0.0189 e. The van der Waals surface area contributed by atoms with Crippen molar-refractivity contribution in [2.45, 2.75) is 80.1 Å². The molecule has 0 spiro atoms. The lowest BCUT2D eigenvalue weighted by atomic mass is 9.72. The standard InChI is InChI=1S/C16H32/c1-7-9-10-11-14(5)16(13(3)4)12-15(16,6)8-2/h13-14H,7-12H2,1-6H3. The fourth-order valence-corrected chi connectivity index (χ4v) is 4.25. The zero-order valence-electron chi connectivity index (χ0n) is 12.4. The van der Waals surface area contributed by atoms with Crippen LogP contribution in [0.15, 0.2) is 0 Å². The summed E-state index contributed by atoms with van der Waals surface area (Å²) in [5, 5.41) is 0. The maximum Gasteiger partial charge on any atom is -0.0189 e. The van der Waals surface area contributed by atoms with Crippen LogP contribution in [0.1, 0.15) is 80.1 Å². The molecule has 1 rings (SSSR count). The lowest BCUT2D eigenvalue weighted by molar-refractivity contribution is 0.161. The maximum atomic E-state index is 2.52. The van der Waals surface area contributed by atoms with E-state index in [2.05, 4.69) is 41.5 Å². The first-order valence-electron chi connectivity index (χ1n) is 7.44. The second-order valence-corrected chi connectivity index (χ2v) is 6.68. The van der Waals surface area contributed by atoms with Gasteiger partial charge in [0.1, 0.15) is 0 Å². The van der Waals surface area contributed by atoms with Crippen molar-refractivity contribution in [2.75, 3.05) is 0 Å². The van der Waals surface area contributed by atoms with E-state index < -0.39 is 0 Å². The first kappa shape index (κ1) is 14.1. The van der Waals surface area contributed by atoms with Crippen molar-refractivity contribution in [3.05, 3.63) is 0 Å². The van der Waals surface area contributed by atoms with Crippen LogP contribution in [0.2, 0.25) is 0 Å². The molecule has 1 saturated carbocycles. The van der Waals surface area contributed by atoms with E-state index in [4.69, 9.17) is 0 Å². The van der Waals surface area contributed by atoms with Crippen molar-refractivity contribution in [1.29, 1.82) is 0 Å². The summed E-state index contributed by atoms with van der Waals surface area (Å²) in [6.45, 7) is 14.6. The van der Waals surface area contributed by atoms with E-state index in [1.54, 1.807) is 0 Å². The highest BCUT2D eigenvalue weighted by molar-refractivity contribution is 5.14. The quantitative estimate of drug-likeness (QED) is 0.489.